The normalized spacial score (nSPS) is 13.8. The second-order valence-electron chi connectivity index (χ2n) is 8.22. The van der Waals surface area contributed by atoms with Gasteiger partial charge in [0.25, 0.3) is 0 Å². The Kier molecular flexibility index (Phi) is 8.37. The minimum absolute atomic E-state index is 0.342. The molecule has 0 bridgehead atoms. The molecule has 8 nitrogen and oxygen atoms in total. The number of methoxy groups -OCH3 is 3. The largest absolute Gasteiger partial charge is 0.493 e. The molecule has 0 unspecified atom stereocenters. The molecule has 0 saturated heterocycles. The van der Waals surface area contributed by atoms with Crippen molar-refractivity contribution < 1.29 is 18.9 Å². The molecule has 1 saturated carbocycles. The maximum absolute atomic E-state index is 8.94. The summed E-state index contributed by atoms with van der Waals surface area (Å²) in [5, 5.41) is 19.0. The summed E-state index contributed by atoms with van der Waals surface area (Å²) in [6, 6.07) is 13.4. The molecule has 1 fully saturated rings. The van der Waals surface area contributed by atoms with Gasteiger partial charge in [0, 0.05) is 17.4 Å². The number of ether oxygens (including phenoxy) is 4. The molecular weight excluding hydrogens is 464 g/mol. The quantitative estimate of drug-likeness (QED) is 0.269. The average Bonchev–Trinajstić information content (AvgIpc) is 3.34. The van der Waals surface area contributed by atoms with Gasteiger partial charge in [-0.25, -0.2) is 0 Å². The Hall–Kier alpha value is -3.38. The summed E-state index contributed by atoms with van der Waals surface area (Å²) in [5.74, 6) is 4.00. The smallest absolute Gasteiger partial charge is 0.203 e. The van der Waals surface area contributed by atoms with Gasteiger partial charge in [-0.15, -0.1) is 10.2 Å². The van der Waals surface area contributed by atoms with Crippen molar-refractivity contribution in [3.8, 4) is 40.5 Å². The summed E-state index contributed by atoms with van der Waals surface area (Å²) in [4.78, 5) is 0. The van der Waals surface area contributed by atoms with E-state index in [0.29, 0.717) is 35.5 Å². The first kappa shape index (κ1) is 24.7. The van der Waals surface area contributed by atoms with Gasteiger partial charge in [-0.2, -0.15) is 5.26 Å². The minimum atomic E-state index is 0.342. The van der Waals surface area contributed by atoms with Crippen LogP contribution in [0.1, 0.15) is 43.7 Å². The first-order valence-electron chi connectivity index (χ1n) is 11.7. The Morgan fingerprint density at radius 2 is 1.66 bits per heavy atom. The van der Waals surface area contributed by atoms with Crippen molar-refractivity contribution in [1.29, 1.82) is 5.26 Å². The fourth-order valence-electron chi connectivity index (χ4n) is 4.37. The molecule has 1 aliphatic rings. The van der Waals surface area contributed by atoms with Crippen LogP contribution in [0, 0.1) is 11.3 Å². The van der Waals surface area contributed by atoms with Crippen molar-refractivity contribution in [2.75, 3.05) is 33.7 Å². The summed E-state index contributed by atoms with van der Waals surface area (Å²) >= 11 is 1.64. The van der Waals surface area contributed by atoms with Gasteiger partial charge >= 0.3 is 0 Å². The van der Waals surface area contributed by atoms with Gasteiger partial charge in [-0.1, -0.05) is 31.0 Å². The molecular formula is C26H30N4O4S. The Bertz CT molecular complexity index is 1140. The number of aromatic nitrogens is 3. The fourth-order valence-corrected chi connectivity index (χ4v) is 5.19. The van der Waals surface area contributed by atoms with Crippen LogP contribution in [0.2, 0.25) is 0 Å². The zero-order valence-electron chi connectivity index (χ0n) is 20.3. The van der Waals surface area contributed by atoms with Crippen LogP contribution in [-0.4, -0.2) is 48.5 Å². The molecule has 0 N–H and O–H groups in total. The van der Waals surface area contributed by atoms with Crippen molar-refractivity contribution in [2.24, 2.45) is 0 Å². The number of benzene rings is 2. The highest BCUT2D eigenvalue weighted by Gasteiger charge is 2.25. The van der Waals surface area contributed by atoms with E-state index in [0.717, 1.165) is 40.9 Å². The lowest BCUT2D eigenvalue weighted by atomic mass is 9.95. The monoisotopic (exact) mass is 494 g/mol. The highest BCUT2D eigenvalue weighted by molar-refractivity contribution is 7.99. The third-order valence-corrected chi connectivity index (χ3v) is 7.00. The lowest BCUT2D eigenvalue weighted by molar-refractivity contribution is 0.324. The summed E-state index contributed by atoms with van der Waals surface area (Å²) in [6.07, 6.45) is 5.86. The van der Waals surface area contributed by atoms with Crippen LogP contribution in [0.4, 0.5) is 0 Å². The SMILES string of the molecule is COc1cc(-c2nnc(SCCOc3ccc(C#N)cc3)n2C2CCCCC2)cc(OC)c1OC. The molecule has 1 heterocycles. The molecule has 0 spiro atoms. The van der Waals surface area contributed by atoms with Crippen LogP contribution in [0.3, 0.4) is 0 Å². The number of hydrogen-bond donors (Lipinski definition) is 0. The van der Waals surface area contributed by atoms with Crippen LogP contribution >= 0.6 is 11.8 Å². The van der Waals surface area contributed by atoms with Gasteiger partial charge in [0.05, 0.1) is 39.6 Å². The van der Waals surface area contributed by atoms with E-state index in [1.807, 2.05) is 24.3 Å². The number of hydrogen-bond acceptors (Lipinski definition) is 8. The Morgan fingerprint density at radius 3 is 2.26 bits per heavy atom. The van der Waals surface area contributed by atoms with Gasteiger partial charge in [0.1, 0.15) is 5.75 Å². The number of nitrogens with zero attached hydrogens (tertiary/aromatic N) is 4. The van der Waals surface area contributed by atoms with Crippen molar-refractivity contribution in [3.05, 3.63) is 42.0 Å². The van der Waals surface area contributed by atoms with Crippen LogP contribution in [0.5, 0.6) is 23.0 Å². The zero-order chi connectivity index (χ0) is 24.6. The van der Waals surface area contributed by atoms with E-state index < -0.39 is 0 Å². The van der Waals surface area contributed by atoms with Crippen LogP contribution in [-0.2, 0) is 0 Å². The summed E-state index contributed by atoms with van der Waals surface area (Å²) in [7, 11) is 4.82. The van der Waals surface area contributed by atoms with Crippen molar-refractivity contribution >= 4 is 11.8 Å². The van der Waals surface area contributed by atoms with Crippen LogP contribution in [0.15, 0.2) is 41.6 Å². The predicted molar refractivity (Wildman–Crippen MR) is 135 cm³/mol. The molecule has 1 aromatic heterocycles. The molecule has 4 rings (SSSR count). The predicted octanol–water partition coefficient (Wildman–Crippen LogP) is 5.52. The third-order valence-electron chi connectivity index (χ3n) is 6.09. The minimum Gasteiger partial charge on any atom is -0.493 e. The van der Waals surface area contributed by atoms with Gasteiger partial charge in [0.15, 0.2) is 22.5 Å². The number of rotatable bonds is 10. The zero-order valence-corrected chi connectivity index (χ0v) is 21.1. The topological polar surface area (TPSA) is 91.4 Å². The van der Waals surface area contributed by atoms with Crippen molar-refractivity contribution in [3.63, 3.8) is 0 Å². The van der Waals surface area contributed by atoms with Gasteiger partial charge < -0.3 is 18.9 Å². The van der Waals surface area contributed by atoms with E-state index in [1.54, 1.807) is 45.2 Å². The lowest BCUT2D eigenvalue weighted by Crippen LogP contribution is -2.15. The first-order chi connectivity index (χ1) is 17.2. The highest BCUT2D eigenvalue weighted by Crippen LogP contribution is 2.43. The molecule has 0 amide bonds. The fraction of sp³-hybridized carbons (Fsp3) is 0.423. The standard InChI is InChI=1S/C26H30N4O4S/c1-31-22-15-19(16-23(32-2)24(22)33-3)25-28-29-26(30(25)20-7-5-4-6-8-20)35-14-13-34-21-11-9-18(17-27)10-12-21/h9-12,15-16,20H,4-8,13-14H2,1-3H3. The molecule has 2 aromatic carbocycles. The van der Waals surface area contributed by atoms with Crippen molar-refractivity contribution in [1.82, 2.24) is 14.8 Å². The third kappa shape index (κ3) is 5.65. The van der Waals surface area contributed by atoms with Crippen molar-refractivity contribution in [2.45, 2.75) is 43.3 Å². The van der Waals surface area contributed by atoms with E-state index in [4.69, 9.17) is 24.2 Å². The summed E-state index contributed by atoms with van der Waals surface area (Å²) in [5.41, 5.74) is 1.49. The maximum Gasteiger partial charge on any atom is 0.203 e. The number of nitriles is 1. The second kappa shape index (κ2) is 11.8. The van der Waals surface area contributed by atoms with Gasteiger partial charge in [0.2, 0.25) is 5.75 Å². The van der Waals surface area contributed by atoms with Gasteiger partial charge in [-0.05, 0) is 49.2 Å². The van der Waals surface area contributed by atoms with Crippen LogP contribution in [0.25, 0.3) is 11.4 Å². The molecule has 9 heteroatoms. The summed E-state index contributed by atoms with van der Waals surface area (Å²) < 4.78 is 24.7. The maximum atomic E-state index is 8.94. The highest BCUT2D eigenvalue weighted by atomic mass is 32.2. The summed E-state index contributed by atoms with van der Waals surface area (Å²) in [6.45, 7) is 0.521. The molecule has 1 aliphatic carbocycles. The Balaban J connectivity index is 1.57. The second-order valence-corrected chi connectivity index (χ2v) is 9.28. The molecule has 35 heavy (non-hydrogen) atoms. The molecule has 0 atom stereocenters. The van der Waals surface area contributed by atoms with E-state index >= 15 is 0 Å². The lowest BCUT2D eigenvalue weighted by Gasteiger charge is -2.26. The van der Waals surface area contributed by atoms with E-state index in [1.165, 1.54) is 19.3 Å². The molecule has 3 aromatic rings. The Labute approximate surface area is 210 Å². The van der Waals surface area contributed by atoms with Crippen LogP contribution < -0.4 is 18.9 Å². The van der Waals surface area contributed by atoms with Gasteiger partial charge in [-0.3, -0.25) is 4.57 Å². The first-order valence-corrected chi connectivity index (χ1v) is 12.7. The van der Waals surface area contributed by atoms with E-state index in [-0.39, 0.29) is 0 Å². The number of thioether (sulfide) groups is 1. The molecule has 0 aliphatic heterocycles. The average molecular weight is 495 g/mol. The molecule has 0 radical (unpaired) electrons. The Morgan fingerprint density at radius 1 is 0.971 bits per heavy atom. The van der Waals surface area contributed by atoms with E-state index in [9.17, 15) is 0 Å². The van der Waals surface area contributed by atoms with E-state index in [2.05, 4.69) is 20.8 Å². The molecule has 184 valence electrons.